The van der Waals surface area contributed by atoms with E-state index in [2.05, 4.69) is 25.8 Å². The molecule has 0 aliphatic carbocycles. The van der Waals surface area contributed by atoms with E-state index in [1.165, 1.54) is 6.20 Å². The summed E-state index contributed by atoms with van der Waals surface area (Å²) in [4.78, 5) is 4.17. The van der Waals surface area contributed by atoms with Gasteiger partial charge in [-0.3, -0.25) is 4.98 Å². The molecule has 0 unspecified atom stereocenters. The van der Waals surface area contributed by atoms with Gasteiger partial charge in [0.05, 0.1) is 27.0 Å². The lowest BCUT2D eigenvalue weighted by molar-refractivity contribution is 0.847. The largest absolute Gasteiger partial charge is 0.362 e. The topological polar surface area (TPSA) is 62.7 Å². The van der Waals surface area contributed by atoms with Crippen LogP contribution < -0.4 is 10.6 Å². The third kappa shape index (κ3) is 4.64. The smallest absolute Gasteiger partial charge is 0.173 e. The Morgan fingerprint density at radius 3 is 2.67 bits per heavy atom. The quantitative estimate of drug-likeness (QED) is 0.813. The first-order valence-corrected chi connectivity index (χ1v) is 7.43. The van der Waals surface area contributed by atoms with Gasteiger partial charge in [0, 0.05) is 19.2 Å². The van der Waals surface area contributed by atoms with Gasteiger partial charge >= 0.3 is 0 Å². The zero-order valence-corrected chi connectivity index (χ0v) is 13.7. The van der Waals surface area contributed by atoms with Gasteiger partial charge in [-0.15, -0.1) is 5.10 Å². The van der Waals surface area contributed by atoms with Crippen LogP contribution in [0.3, 0.4) is 0 Å². The maximum Gasteiger partial charge on any atom is 0.173 e. The van der Waals surface area contributed by atoms with E-state index in [0.717, 1.165) is 0 Å². The second-order valence-electron chi connectivity index (χ2n) is 3.91. The highest BCUT2D eigenvalue weighted by atomic mass is 35.5. The molecule has 110 valence electrons. The molecule has 0 saturated carbocycles. The zero-order chi connectivity index (χ0) is 15.2. The molecule has 5 nitrogen and oxygen atoms in total. The Bertz CT molecular complexity index is 653. The van der Waals surface area contributed by atoms with Gasteiger partial charge in [0.1, 0.15) is 0 Å². The van der Waals surface area contributed by atoms with Crippen LogP contribution in [-0.2, 0) is 6.42 Å². The Balaban J connectivity index is 1.85. The fourth-order valence-electron chi connectivity index (χ4n) is 1.48. The second kappa shape index (κ2) is 7.70. The second-order valence-corrected chi connectivity index (χ2v) is 5.51. The number of pyridine rings is 1. The predicted octanol–water partition coefficient (Wildman–Crippen LogP) is 3.36. The maximum absolute atomic E-state index is 6.05. The van der Waals surface area contributed by atoms with Crippen molar-refractivity contribution in [2.45, 2.75) is 6.42 Å². The standard InChI is InChI=1S/C12H10Cl3N5S/c13-7-1-4-16-9(10(7)15)3-5-17-12(21)19-11-8(14)2-6-18-20-11/h1-2,4,6H,3,5H2,(H2,17,19,20,21). The molecule has 0 amide bonds. The van der Waals surface area contributed by atoms with Crippen LogP contribution in [0.2, 0.25) is 15.1 Å². The molecule has 9 heteroatoms. The van der Waals surface area contributed by atoms with Gasteiger partial charge < -0.3 is 10.6 Å². The van der Waals surface area contributed by atoms with E-state index in [1.807, 2.05) is 0 Å². The van der Waals surface area contributed by atoms with Gasteiger partial charge in [0.15, 0.2) is 10.9 Å². The van der Waals surface area contributed by atoms with E-state index in [4.69, 9.17) is 47.0 Å². The van der Waals surface area contributed by atoms with Gasteiger partial charge in [-0.2, -0.15) is 5.10 Å². The number of anilines is 1. The number of rotatable bonds is 4. The molecule has 0 atom stereocenters. The van der Waals surface area contributed by atoms with Crippen LogP contribution in [0.1, 0.15) is 5.69 Å². The lowest BCUT2D eigenvalue weighted by Gasteiger charge is -2.10. The van der Waals surface area contributed by atoms with Crippen molar-refractivity contribution in [1.82, 2.24) is 20.5 Å². The van der Waals surface area contributed by atoms with Crippen molar-refractivity contribution < 1.29 is 0 Å². The van der Waals surface area contributed by atoms with Gasteiger partial charge in [0.25, 0.3) is 0 Å². The summed E-state index contributed by atoms with van der Waals surface area (Å²) >= 11 is 23.1. The van der Waals surface area contributed by atoms with Gasteiger partial charge in [-0.1, -0.05) is 34.8 Å². The third-order valence-electron chi connectivity index (χ3n) is 2.47. The van der Waals surface area contributed by atoms with E-state index >= 15 is 0 Å². The van der Waals surface area contributed by atoms with Crippen LogP contribution in [-0.4, -0.2) is 26.8 Å². The van der Waals surface area contributed by atoms with Crippen LogP contribution in [0.25, 0.3) is 0 Å². The predicted molar refractivity (Wildman–Crippen MR) is 89.2 cm³/mol. The highest BCUT2D eigenvalue weighted by Crippen LogP contribution is 2.23. The van der Waals surface area contributed by atoms with E-state index < -0.39 is 0 Å². The molecule has 2 N–H and O–H groups in total. The van der Waals surface area contributed by atoms with Crippen molar-refractivity contribution >= 4 is 58.0 Å². The molecule has 2 aromatic heterocycles. The fourth-order valence-corrected chi connectivity index (χ4v) is 2.19. The molecule has 2 rings (SSSR count). The SMILES string of the molecule is S=C(NCCc1nccc(Cl)c1Cl)Nc1nnccc1Cl. The molecule has 0 spiro atoms. The summed E-state index contributed by atoms with van der Waals surface area (Å²) in [7, 11) is 0. The highest BCUT2D eigenvalue weighted by Gasteiger charge is 2.07. The normalized spacial score (nSPS) is 10.2. The molecule has 0 aromatic carbocycles. The van der Waals surface area contributed by atoms with Crippen LogP contribution in [0, 0.1) is 0 Å². The van der Waals surface area contributed by atoms with Crippen molar-refractivity contribution in [3.05, 3.63) is 45.3 Å². The number of hydrogen-bond donors (Lipinski definition) is 2. The molecule has 0 fully saturated rings. The summed E-state index contributed by atoms with van der Waals surface area (Å²) in [6, 6.07) is 3.26. The number of nitrogens with zero attached hydrogens (tertiary/aromatic N) is 3. The molecular weight excluding hydrogens is 353 g/mol. The molecule has 2 heterocycles. The van der Waals surface area contributed by atoms with Crippen LogP contribution in [0.5, 0.6) is 0 Å². The molecule has 0 bridgehead atoms. The van der Waals surface area contributed by atoms with E-state index in [0.29, 0.717) is 44.7 Å². The van der Waals surface area contributed by atoms with Crippen molar-refractivity contribution in [3.63, 3.8) is 0 Å². The van der Waals surface area contributed by atoms with E-state index in [-0.39, 0.29) is 0 Å². The fraction of sp³-hybridized carbons (Fsp3) is 0.167. The Morgan fingerprint density at radius 1 is 1.14 bits per heavy atom. The highest BCUT2D eigenvalue weighted by molar-refractivity contribution is 7.80. The third-order valence-corrected chi connectivity index (χ3v) is 3.85. The van der Waals surface area contributed by atoms with Crippen molar-refractivity contribution in [2.75, 3.05) is 11.9 Å². The molecule has 2 aromatic rings. The van der Waals surface area contributed by atoms with Gasteiger partial charge in [-0.05, 0) is 24.4 Å². The molecular formula is C12H10Cl3N5S. The molecule has 0 radical (unpaired) electrons. The first-order chi connectivity index (χ1) is 10.1. The number of halogens is 3. The summed E-state index contributed by atoms with van der Waals surface area (Å²) in [5.74, 6) is 0.399. The van der Waals surface area contributed by atoms with Crippen LogP contribution >= 0.6 is 47.0 Å². The molecule has 21 heavy (non-hydrogen) atoms. The summed E-state index contributed by atoms with van der Waals surface area (Å²) in [5, 5.41) is 15.2. The van der Waals surface area contributed by atoms with Gasteiger partial charge in [-0.25, -0.2) is 0 Å². The Labute approximate surface area is 142 Å². The number of aromatic nitrogens is 3. The first-order valence-electron chi connectivity index (χ1n) is 5.89. The van der Waals surface area contributed by atoms with Crippen LogP contribution in [0.15, 0.2) is 24.5 Å². The van der Waals surface area contributed by atoms with Crippen LogP contribution in [0.4, 0.5) is 5.82 Å². The number of thiocarbonyl (C=S) groups is 1. The monoisotopic (exact) mass is 361 g/mol. The molecule has 0 aliphatic rings. The zero-order valence-electron chi connectivity index (χ0n) is 10.6. The minimum absolute atomic E-state index is 0.385. The van der Waals surface area contributed by atoms with E-state index in [9.17, 15) is 0 Å². The lowest BCUT2D eigenvalue weighted by Crippen LogP contribution is -2.30. The Hall–Kier alpha value is -1.21. The average molecular weight is 363 g/mol. The van der Waals surface area contributed by atoms with Crippen molar-refractivity contribution in [3.8, 4) is 0 Å². The Morgan fingerprint density at radius 2 is 1.90 bits per heavy atom. The molecule has 0 aliphatic heterocycles. The first kappa shape index (κ1) is 16.2. The molecule has 0 saturated heterocycles. The summed E-state index contributed by atoms with van der Waals surface area (Å²) in [6.07, 6.45) is 3.69. The summed E-state index contributed by atoms with van der Waals surface area (Å²) in [6.45, 7) is 0.538. The van der Waals surface area contributed by atoms with Gasteiger partial charge in [0.2, 0.25) is 0 Å². The number of hydrogen-bond acceptors (Lipinski definition) is 4. The summed E-state index contributed by atoms with van der Waals surface area (Å²) in [5.41, 5.74) is 0.706. The maximum atomic E-state index is 6.05. The Kier molecular flexibility index (Phi) is 5.93. The van der Waals surface area contributed by atoms with Crippen molar-refractivity contribution in [2.24, 2.45) is 0 Å². The number of nitrogens with one attached hydrogen (secondary N) is 2. The summed E-state index contributed by atoms with van der Waals surface area (Å²) < 4.78 is 0. The lowest BCUT2D eigenvalue weighted by atomic mass is 10.2. The average Bonchev–Trinajstić information content (AvgIpc) is 2.46. The van der Waals surface area contributed by atoms with E-state index in [1.54, 1.807) is 18.3 Å². The minimum atomic E-state index is 0.385. The minimum Gasteiger partial charge on any atom is -0.362 e. The van der Waals surface area contributed by atoms with Crippen molar-refractivity contribution in [1.29, 1.82) is 0 Å².